The van der Waals surface area contributed by atoms with Gasteiger partial charge in [0, 0.05) is 5.39 Å². The highest BCUT2D eigenvalue weighted by Gasteiger charge is 2.29. The molecule has 7 nitrogen and oxygen atoms in total. The quantitative estimate of drug-likeness (QED) is 0.715. The van der Waals surface area contributed by atoms with Gasteiger partial charge in [-0.15, -0.1) is 0 Å². The van der Waals surface area contributed by atoms with Gasteiger partial charge in [-0.3, -0.25) is 14.3 Å². The Morgan fingerprint density at radius 2 is 1.78 bits per heavy atom. The lowest BCUT2D eigenvalue weighted by Crippen LogP contribution is -2.24. The predicted octanol–water partition coefficient (Wildman–Crippen LogP) is 2.03. The Morgan fingerprint density at radius 1 is 1.11 bits per heavy atom. The number of hydrogen-bond acceptors (Lipinski definition) is 5. The maximum atomic E-state index is 12.8. The molecule has 10 heteroatoms. The molecule has 0 spiro atoms. The number of rotatable bonds is 5. The van der Waals surface area contributed by atoms with Crippen LogP contribution < -0.4 is 10.7 Å². The second-order valence-electron chi connectivity index (χ2n) is 5.53. The third kappa shape index (κ3) is 3.70. The first-order chi connectivity index (χ1) is 12.8. The monoisotopic (exact) mass is 393 g/mol. The molecule has 0 aliphatic rings. The van der Waals surface area contributed by atoms with Crippen LogP contribution in [0.15, 0.2) is 64.4 Å². The minimum atomic E-state index is -4.88. The first kappa shape index (κ1) is 18.6. The maximum Gasteiger partial charge on any atom is 0.341 e. The second kappa shape index (κ2) is 7.23. The molecule has 2 aromatic carbocycles. The van der Waals surface area contributed by atoms with E-state index in [1.807, 2.05) is 0 Å². The van der Waals surface area contributed by atoms with E-state index in [2.05, 4.69) is 10.4 Å². The highest BCUT2D eigenvalue weighted by Crippen LogP contribution is 2.26. The Labute approximate surface area is 152 Å². The standard InChI is InChI=1S/C17H13F2N3O4S/c18-17(19)27(25,26)15-8-4-2-6-12(15)21-16(24)10-22-13-7-3-1-5-11(13)14(23)9-20-22/h1-9,17H,10H2,(H,21,24). The Hall–Kier alpha value is -3.14. The van der Waals surface area contributed by atoms with E-state index >= 15 is 0 Å². The van der Waals surface area contributed by atoms with Crippen molar-refractivity contribution in [3.8, 4) is 0 Å². The number of benzene rings is 2. The van der Waals surface area contributed by atoms with Crippen molar-refractivity contribution in [3.63, 3.8) is 0 Å². The molecule has 27 heavy (non-hydrogen) atoms. The molecule has 3 rings (SSSR count). The lowest BCUT2D eigenvalue weighted by atomic mass is 10.2. The van der Waals surface area contributed by atoms with Gasteiger partial charge in [0.05, 0.1) is 22.3 Å². The number of nitrogens with zero attached hydrogens (tertiary/aromatic N) is 2. The van der Waals surface area contributed by atoms with Crippen molar-refractivity contribution in [1.82, 2.24) is 9.78 Å². The number of nitrogens with one attached hydrogen (secondary N) is 1. The fourth-order valence-corrected chi connectivity index (χ4v) is 3.41. The number of amides is 1. The molecule has 0 radical (unpaired) electrons. The summed E-state index contributed by atoms with van der Waals surface area (Å²) in [5, 5.41) is 6.56. The van der Waals surface area contributed by atoms with E-state index in [-0.39, 0.29) is 17.7 Å². The molecular weight excluding hydrogens is 380 g/mol. The number of halogens is 2. The van der Waals surface area contributed by atoms with Crippen LogP contribution >= 0.6 is 0 Å². The molecular formula is C17H13F2N3O4S. The zero-order valence-corrected chi connectivity index (χ0v) is 14.5. The van der Waals surface area contributed by atoms with Crippen LogP contribution in [0.4, 0.5) is 14.5 Å². The number of para-hydroxylation sites is 2. The molecule has 1 N–H and O–H groups in total. The van der Waals surface area contributed by atoms with Crippen LogP contribution in [-0.2, 0) is 21.2 Å². The topological polar surface area (TPSA) is 98.1 Å². The van der Waals surface area contributed by atoms with Crippen LogP contribution in [0.1, 0.15) is 0 Å². The summed E-state index contributed by atoms with van der Waals surface area (Å²) in [6.45, 7) is -0.343. The Kier molecular flexibility index (Phi) is 5.00. The molecule has 3 aromatic rings. The van der Waals surface area contributed by atoms with E-state index in [0.29, 0.717) is 10.9 Å². The van der Waals surface area contributed by atoms with Gasteiger partial charge in [0.15, 0.2) is 0 Å². The molecule has 0 aliphatic heterocycles. The summed E-state index contributed by atoms with van der Waals surface area (Å²) < 4.78 is 50.4. The third-order valence-electron chi connectivity index (χ3n) is 3.76. The van der Waals surface area contributed by atoms with Gasteiger partial charge in [0.2, 0.25) is 21.2 Å². The molecule has 1 heterocycles. The zero-order valence-electron chi connectivity index (χ0n) is 13.7. The van der Waals surface area contributed by atoms with Gasteiger partial charge in [-0.2, -0.15) is 13.9 Å². The van der Waals surface area contributed by atoms with Gasteiger partial charge in [0.25, 0.3) is 0 Å². The largest absolute Gasteiger partial charge is 0.341 e. The maximum absolute atomic E-state index is 12.8. The van der Waals surface area contributed by atoms with Crippen LogP contribution in [0.2, 0.25) is 0 Å². The van der Waals surface area contributed by atoms with E-state index in [4.69, 9.17) is 0 Å². The Morgan fingerprint density at radius 3 is 2.52 bits per heavy atom. The average Bonchev–Trinajstić information content (AvgIpc) is 2.64. The van der Waals surface area contributed by atoms with Gasteiger partial charge in [0.1, 0.15) is 6.54 Å². The minimum Gasteiger partial charge on any atom is -0.323 e. The van der Waals surface area contributed by atoms with E-state index < -0.39 is 26.4 Å². The molecule has 0 unspecified atom stereocenters. The van der Waals surface area contributed by atoms with Crippen molar-refractivity contribution in [2.45, 2.75) is 17.2 Å². The number of alkyl halides is 2. The van der Waals surface area contributed by atoms with Crippen molar-refractivity contribution < 1.29 is 22.0 Å². The van der Waals surface area contributed by atoms with Gasteiger partial charge in [-0.1, -0.05) is 24.3 Å². The van der Waals surface area contributed by atoms with Crippen molar-refractivity contribution in [2.24, 2.45) is 0 Å². The van der Waals surface area contributed by atoms with Crippen molar-refractivity contribution >= 4 is 32.3 Å². The van der Waals surface area contributed by atoms with Gasteiger partial charge < -0.3 is 5.32 Å². The SMILES string of the molecule is O=C(Cn1ncc(=O)c2ccccc21)Nc1ccccc1S(=O)(=O)C(F)F. The van der Waals surface area contributed by atoms with Crippen LogP contribution in [0.5, 0.6) is 0 Å². The number of aromatic nitrogens is 2. The molecule has 0 aliphatic carbocycles. The first-order valence-electron chi connectivity index (χ1n) is 7.66. The lowest BCUT2D eigenvalue weighted by molar-refractivity contribution is -0.116. The van der Waals surface area contributed by atoms with Crippen LogP contribution in [0.25, 0.3) is 10.9 Å². The van der Waals surface area contributed by atoms with Gasteiger partial charge in [-0.05, 0) is 24.3 Å². The lowest BCUT2D eigenvalue weighted by Gasteiger charge is -2.13. The second-order valence-corrected chi connectivity index (χ2v) is 7.42. The van der Waals surface area contributed by atoms with Crippen molar-refractivity contribution in [1.29, 1.82) is 0 Å². The predicted molar refractivity (Wildman–Crippen MR) is 94.3 cm³/mol. The van der Waals surface area contributed by atoms with Crippen LogP contribution in [0.3, 0.4) is 0 Å². The molecule has 0 fully saturated rings. The van der Waals surface area contributed by atoms with E-state index in [1.165, 1.54) is 22.9 Å². The fraction of sp³-hybridized carbons (Fsp3) is 0.118. The van der Waals surface area contributed by atoms with E-state index in [9.17, 15) is 26.8 Å². The number of fused-ring (bicyclic) bond motifs is 1. The summed E-state index contributed by atoms with van der Waals surface area (Å²) in [5.74, 6) is -4.30. The van der Waals surface area contributed by atoms with Crippen molar-refractivity contribution in [2.75, 3.05) is 5.32 Å². The van der Waals surface area contributed by atoms with E-state index in [1.54, 1.807) is 24.3 Å². The van der Waals surface area contributed by atoms with E-state index in [0.717, 1.165) is 12.3 Å². The summed E-state index contributed by atoms with van der Waals surface area (Å²) in [6, 6.07) is 11.4. The summed E-state index contributed by atoms with van der Waals surface area (Å²) in [7, 11) is -4.88. The van der Waals surface area contributed by atoms with Gasteiger partial charge in [-0.25, -0.2) is 8.42 Å². The summed E-state index contributed by atoms with van der Waals surface area (Å²) in [5.41, 5.74) is -0.155. The zero-order chi connectivity index (χ0) is 19.6. The molecule has 0 bridgehead atoms. The number of carbonyl (C=O) groups excluding carboxylic acids is 1. The molecule has 0 saturated heterocycles. The average molecular weight is 393 g/mol. The molecule has 1 aromatic heterocycles. The molecule has 0 saturated carbocycles. The highest BCUT2D eigenvalue weighted by atomic mass is 32.2. The third-order valence-corrected chi connectivity index (χ3v) is 5.20. The number of carbonyl (C=O) groups is 1. The number of anilines is 1. The normalized spacial score (nSPS) is 11.7. The Bertz CT molecular complexity index is 1180. The fourth-order valence-electron chi connectivity index (χ4n) is 2.53. The van der Waals surface area contributed by atoms with Crippen LogP contribution in [-0.4, -0.2) is 29.9 Å². The minimum absolute atomic E-state index is 0.256. The highest BCUT2D eigenvalue weighted by molar-refractivity contribution is 7.91. The van der Waals surface area contributed by atoms with Gasteiger partial charge >= 0.3 is 5.76 Å². The molecule has 0 atom stereocenters. The van der Waals surface area contributed by atoms with Crippen molar-refractivity contribution in [3.05, 3.63) is 65.0 Å². The van der Waals surface area contributed by atoms with Crippen LogP contribution in [0, 0.1) is 0 Å². The Balaban J connectivity index is 1.91. The molecule has 140 valence electrons. The summed E-state index contributed by atoms with van der Waals surface area (Å²) >= 11 is 0. The molecule has 1 amide bonds. The smallest absolute Gasteiger partial charge is 0.323 e. The first-order valence-corrected chi connectivity index (χ1v) is 9.21. The number of hydrogen-bond donors (Lipinski definition) is 1. The summed E-state index contributed by atoms with van der Waals surface area (Å²) in [6.07, 6.45) is 1.06. The number of sulfone groups is 1. The summed E-state index contributed by atoms with van der Waals surface area (Å²) in [4.78, 5) is 23.5.